The fourth-order valence-electron chi connectivity index (χ4n) is 2.63. The average Bonchev–Trinajstić information content (AvgIpc) is 2.84. The summed E-state index contributed by atoms with van der Waals surface area (Å²) in [4.78, 5) is 16.8. The molecule has 1 heterocycles. The molecule has 0 unspecified atom stereocenters. The molecule has 8 heteroatoms. The van der Waals surface area contributed by atoms with E-state index in [1.54, 1.807) is 26.0 Å². The van der Waals surface area contributed by atoms with Gasteiger partial charge < -0.3 is 4.74 Å². The second-order valence-electron chi connectivity index (χ2n) is 6.05. The molecular formula is C18H15F2NO4S. The second-order valence-corrected chi connectivity index (χ2v) is 6.79. The van der Waals surface area contributed by atoms with E-state index < -0.39 is 17.2 Å². The molecule has 0 radical (unpaired) electrons. The molecular weight excluding hydrogens is 364 g/mol. The molecule has 3 rings (SSSR count). The van der Waals surface area contributed by atoms with Crippen LogP contribution < -0.4 is 5.90 Å². The van der Waals surface area contributed by atoms with E-state index in [-0.39, 0.29) is 22.0 Å². The number of ether oxygens (including phenoxy) is 1. The highest BCUT2D eigenvalue weighted by atomic mass is 32.2. The number of carbonyl (C=O) groups is 1. The molecule has 26 heavy (non-hydrogen) atoms. The summed E-state index contributed by atoms with van der Waals surface area (Å²) < 4.78 is 38.1. The number of ketones is 1. The molecule has 0 bridgehead atoms. The fraction of sp³-hybridized carbons (Fsp3) is 0.167. The van der Waals surface area contributed by atoms with Gasteiger partial charge in [-0.25, -0.2) is 8.78 Å². The van der Waals surface area contributed by atoms with Crippen LogP contribution in [-0.4, -0.2) is 11.4 Å². The maximum absolute atomic E-state index is 14.3. The summed E-state index contributed by atoms with van der Waals surface area (Å²) in [5, 5.41) is 0. The zero-order chi connectivity index (χ0) is 18.9. The lowest BCUT2D eigenvalue weighted by molar-refractivity contribution is -0.195. The summed E-state index contributed by atoms with van der Waals surface area (Å²) in [6, 6.07) is 9.82. The first-order valence-electron chi connectivity index (χ1n) is 7.57. The van der Waals surface area contributed by atoms with Crippen molar-refractivity contribution in [3.63, 3.8) is 0 Å². The maximum atomic E-state index is 14.3. The van der Waals surface area contributed by atoms with E-state index in [2.05, 4.69) is 9.32 Å². The summed E-state index contributed by atoms with van der Waals surface area (Å²) in [6.07, 6.45) is 0. The number of benzene rings is 2. The predicted molar refractivity (Wildman–Crippen MR) is 92.0 cm³/mol. The van der Waals surface area contributed by atoms with Crippen LogP contribution in [0.25, 0.3) is 11.3 Å². The highest BCUT2D eigenvalue weighted by Crippen LogP contribution is 2.42. The molecule has 0 fully saturated rings. The number of halogens is 2. The minimum Gasteiger partial charge on any atom is -0.478 e. The Kier molecular flexibility index (Phi) is 5.10. The Morgan fingerprint density at radius 3 is 2.54 bits per heavy atom. The van der Waals surface area contributed by atoms with Crippen molar-refractivity contribution in [3.8, 4) is 0 Å². The first-order valence-corrected chi connectivity index (χ1v) is 8.31. The van der Waals surface area contributed by atoms with Crippen molar-refractivity contribution in [3.05, 3.63) is 65.2 Å². The van der Waals surface area contributed by atoms with Gasteiger partial charge in [0.25, 0.3) is 0 Å². The number of nitrogens with two attached hydrogens (primary N) is 1. The van der Waals surface area contributed by atoms with Crippen LogP contribution in [0.4, 0.5) is 8.78 Å². The van der Waals surface area contributed by atoms with Gasteiger partial charge in [0, 0.05) is 5.56 Å². The van der Waals surface area contributed by atoms with Crippen LogP contribution in [0.3, 0.4) is 0 Å². The molecule has 1 aliphatic rings. The number of rotatable bonds is 5. The molecule has 0 spiro atoms. The summed E-state index contributed by atoms with van der Waals surface area (Å²) in [5.74, 6) is 3.52. The van der Waals surface area contributed by atoms with Crippen LogP contribution >= 0.6 is 12.0 Å². The molecule has 0 saturated heterocycles. The van der Waals surface area contributed by atoms with Gasteiger partial charge in [0.15, 0.2) is 5.60 Å². The van der Waals surface area contributed by atoms with Crippen molar-refractivity contribution >= 4 is 29.2 Å². The topological polar surface area (TPSA) is 70.8 Å². The largest absolute Gasteiger partial charge is 0.478 e. The Labute approximate surface area is 152 Å². The fourth-order valence-corrected chi connectivity index (χ4v) is 3.01. The average molecular weight is 379 g/mol. The van der Waals surface area contributed by atoms with Crippen LogP contribution in [-0.2, 0) is 18.9 Å². The second kappa shape index (κ2) is 7.16. The molecule has 0 aliphatic carbocycles. The van der Waals surface area contributed by atoms with Crippen LogP contribution in [0.2, 0.25) is 0 Å². The Bertz CT molecular complexity index is 899. The molecule has 0 saturated carbocycles. The molecule has 1 aliphatic heterocycles. The monoisotopic (exact) mass is 379 g/mol. The number of carbonyl (C=O) groups excluding carboxylic acids is 1. The van der Waals surface area contributed by atoms with Crippen LogP contribution in [0.5, 0.6) is 0 Å². The Balaban J connectivity index is 2.10. The van der Waals surface area contributed by atoms with E-state index in [1.165, 1.54) is 30.3 Å². The number of Topliss-reactive ketones (excluding diaryl/α,β-unsaturated/α-hetero) is 1. The molecule has 136 valence electrons. The third-order valence-corrected chi connectivity index (χ3v) is 4.49. The van der Waals surface area contributed by atoms with Crippen molar-refractivity contribution < 1.29 is 27.6 Å². The standard InChI is InChI=1S/C18H15F2NO4S/c1-18(2)17(22)15(10-4-3-5-12(19)8-10)16(23-18)11-6-7-14(13(20)9-11)26-25-24-21/h3-9H,21H2,1-2H3. The van der Waals surface area contributed by atoms with Crippen molar-refractivity contribution in [2.45, 2.75) is 24.3 Å². The normalized spacial score (nSPS) is 16.1. The molecule has 2 aromatic carbocycles. The lowest BCUT2D eigenvalue weighted by Gasteiger charge is -2.18. The summed E-state index contributed by atoms with van der Waals surface area (Å²) in [6.45, 7) is 3.21. The maximum Gasteiger partial charge on any atom is 0.210 e. The molecule has 2 aromatic rings. The SMILES string of the molecule is CC1(C)OC(c2ccc(SOON)c(F)c2)=C(c2cccc(F)c2)C1=O. The lowest BCUT2D eigenvalue weighted by Crippen LogP contribution is -2.29. The van der Waals surface area contributed by atoms with E-state index in [9.17, 15) is 13.6 Å². The van der Waals surface area contributed by atoms with Gasteiger partial charge in [0.1, 0.15) is 17.4 Å². The predicted octanol–water partition coefficient (Wildman–Crippen LogP) is 4.04. The molecule has 0 aromatic heterocycles. The van der Waals surface area contributed by atoms with E-state index in [4.69, 9.17) is 10.6 Å². The van der Waals surface area contributed by atoms with E-state index >= 15 is 0 Å². The molecule has 5 nitrogen and oxygen atoms in total. The minimum atomic E-state index is -1.14. The summed E-state index contributed by atoms with van der Waals surface area (Å²) >= 11 is 0.602. The van der Waals surface area contributed by atoms with Gasteiger partial charge in [0.2, 0.25) is 5.78 Å². The highest BCUT2D eigenvalue weighted by molar-refractivity contribution is 7.94. The zero-order valence-electron chi connectivity index (χ0n) is 13.9. The Morgan fingerprint density at radius 2 is 1.88 bits per heavy atom. The third kappa shape index (κ3) is 3.49. The van der Waals surface area contributed by atoms with Crippen molar-refractivity contribution in [1.82, 2.24) is 0 Å². The van der Waals surface area contributed by atoms with E-state index in [1.807, 2.05) is 0 Å². The summed E-state index contributed by atoms with van der Waals surface area (Å²) in [7, 11) is 0. The Morgan fingerprint density at radius 1 is 1.12 bits per heavy atom. The Hall–Kier alpha value is -2.26. The number of hydrogen-bond acceptors (Lipinski definition) is 6. The number of hydrogen-bond donors (Lipinski definition) is 1. The van der Waals surface area contributed by atoms with Crippen molar-refractivity contribution in [1.29, 1.82) is 0 Å². The van der Waals surface area contributed by atoms with Gasteiger partial charge in [-0.2, -0.15) is 5.90 Å². The van der Waals surface area contributed by atoms with Crippen LogP contribution in [0.15, 0.2) is 47.4 Å². The highest BCUT2D eigenvalue weighted by Gasteiger charge is 2.43. The van der Waals surface area contributed by atoms with Crippen LogP contribution in [0.1, 0.15) is 25.0 Å². The van der Waals surface area contributed by atoms with Gasteiger partial charge in [-0.15, -0.1) is 9.32 Å². The quantitative estimate of drug-likeness (QED) is 0.480. The molecule has 0 amide bonds. The lowest BCUT2D eigenvalue weighted by atomic mass is 9.92. The van der Waals surface area contributed by atoms with Gasteiger partial charge in [-0.05, 0) is 49.7 Å². The minimum absolute atomic E-state index is 0.135. The first kappa shape index (κ1) is 18.5. The van der Waals surface area contributed by atoms with Gasteiger partial charge in [-0.1, -0.05) is 12.1 Å². The molecule has 0 atom stereocenters. The van der Waals surface area contributed by atoms with Crippen LogP contribution in [0, 0.1) is 11.6 Å². The van der Waals surface area contributed by atoms with Gasteiger partial charge >= 0.3 is 0 Å². The van der Waals surface area contributed by atoms with Gasteiger partial charge in [-0.3, -0.25) is 4.79 Å². The van der Waals surface area contributed by atoms with Crippen molar-refractivity contribution in [2.24, 2.45) is 5.90 Å². The van der Waals surface area contributed by atoms with E-state index in [0.29, 0.717) is 23.2 Å². The van der Waals surface area contributed by atoms with E-state index in [0.717, 1.165) is 0 Å². The first-order chi connectivity index (χ1) is 12.3. The smallest absolute Gasteiger partial charge is 0.210 e. The van der Waals surface area contributed by atoms with Crippen molar-refractivity contribution in [2.75, 3.05) is 0 Å². The zero-order valence-corrected chi connectivity index (χ0v) is 14.7. The van der Waals surface area contributed by atoms with Gasteiger partial charge in [0.05, 0.1) is 22.5 Å². The third-order valence-electron chi connectivity index (χ3n) is 3.83. The molecule has 2 N–H and O–H groups in total. The summed E-state index contributed by atoms with van der Waals surface area (Å²) in [5.41, 5.74) is -0.221.